The molecule has 3 atom stereocenters. The summed E-state index contributed by atoms with van der Waals surface area (Å²) in [6, 6.07) is 8.14. The number of benzene rings is 1. The lowest BCUT2D eigenvalue weighted by atomic mass is 9.81. The average molecular weight is 429 g/mol. The third kappa shape index (κ3) is 4.14. The van der Waals surface area contributed by atoms with Crippen LogP contribution in [-0.2, 0) is 30.7 Å². The van der Waals surface area contributed by atoms with Crippen LogP contribution in [0.25, 0.3) is 0 Å². The number of amides is 4. The fourth-order valence-electron chi connectivity index (χ4n) is 4.59. The molecule has 31 heavy (non-hydrogen) atoms. The normalized spacial score (nSPS) is 26.3. The topological polar surface area (TPSA) is 96.5 Å². The molecule has 2 saturated heterocycles. The summed E-state index contributed by atoms with van der Waals surface area (Å²) in [6.07, 6.45) is 3.33. The van der Waals surface area contributed by atoms with Crippen molar-refractivity contribution >= 4 is 23.8 Å². The molecule has 0 aromatic heterocycles. The van der Waals surface area contributed by atoms with Crippen LogP contribution in [0.5, 0.6) is 0 Å². The van der Waals surface area contributed by atoms with Gasteiger partial charge in [0.2, 0.25) is 0 Å². The third-order valence-electron chi connectivity index (χ3n) is 6.27. The van der Waals surface area contributed by atoms with Crippen molar-refractivity contribution in [1.29, 1.82) is 0 Å². The van der Waals surface area contributed by atoms with Gasteiger partial charge in [-0.3, -0.25) is 14.4 Å². The number of hydroxylamine groups is 4. The Balaban J connectivity index is 1.38. The van der Waals surface area contributed by atoms with Gasteiger partial charge in [-0.05, 0) is 31.7 Å². The lowest BCUT2D eigenvalue weighted by Gasteiger charge is -2.38. The summed E-state index contributed by atoms with van der Waals surface area (Å²) in [7, 11) is 0. The van der Waals surface area contributed by atoms with E-state index < -0.39 is 41.7 Å². The zero-order valence-corrected chi connectivity index (χ0v) is 17.6. The number of urea groups is 1. The van der Waals surface area contributed by atoms with Crippen LogP contribution in [0.2, 0.25) is 0 Å². The Bertz CT molecular complexity index is 836. The van der Waals surface area contributed by atoms with E-state index in [4.69, 9.17) is 9.68 Å². The fourth-order valence-corrected chi connectivity index (χ4v) is 4.59. The first-order valence-corrected chi connectivity index (χ1v) is 10.9. The van der Waals surface area contributed by atoms with Crippen LogP contribution in [0.1, 0.15) is 44.6 Å². The van der Waals surface area contributed by atoms with Crippen LogP contribution in [0.15, 0.2) is 30.3 Å². The van der Waals surface area contributed by atoms with E-state index in [1.165, 1.54) is 9.96 Å². The standard InChI is InChI=1S/C22H27N3O6/c1-2-23-18(12-13-24(22(23)29)30-14-15-8-4-3-5-9-15)21(28)31-25-19(26)16-10-6-7-11-17(16)20(25)27/h3-5,8-9,16-18H,2,6-7,10-14H2,1H3/t16?,17?,18-/m0/s1. The van der Waals surface area contributed by atoms with Crippen LogP contribution in [0, 0.1) is 11.8 Å². The van der Waals surface area contributed by atoms with Crippen molar-refractivity contribution in [3.8, 4) is 0 Å². The van der Waals surface area contributed by atoms with E-state index in [0.717, 1.165) is 18.4 Å². The number of nitrogens with zero attached hydrogens (tertiary/aromatic N) is 3. The smallest absolute Gasteiger partial charge is 0.328 e. The minimum Gasteiger partial charge on any atom is -0.328 e. The quantitative estimate of drug-likeness (QED) is 0.644. The molecular formula is C22H27N3O6. The lowest BCUT2D eigenvalue weighted by molar-refractivity contribution is -0.205. The molecule has 1 aromatic rings. The average Bonchev–Trinajstić information content (AvgIpc) is 3.03. The molecule has 2 heterocycles. The Morgan fingerprint density at radius 2 is 1.65 bits per heavy atom. The zero-order chi connectivity index (χ0) is 22.0. The van der Waals surface area contributed by atoms with E-state index in [9.17, 15) is 19.2 Å². The summed E-state index contributed by atoms with van der Waals surface area (Å²) >= 11 is 0. The second kappa shape index (κ2) is 9.05. The first-order valence-electron chi connectivity index (χ1n) is 10.9. The molecule has 4 amide bonds. The molecule has 4 rings (SSSR count). The summed E-state index contributed by atoms with van der Waals surface area (Å²) in [6.45, 7) is 2.45. The molecule has 2 unspecified atom stereocenters. The van der Waals surface area contributed by atoms with Crippen molar-refractivity contribution in [2.24, 2.45) is 11.8 Å². The minimum atomic E-state index is -0.877. The highest BCUT2D eigenvalue weighted by molar-refractivity contribution is 6.05. The first kappa shape index (κ1) is 21.3. The Hall–Kier alpha value is -2.94. The summed E-state index contributed by atoms with van der Waals surface area (Å²) in [5.74, 6) is -2.45. The van der Waals surface area contributed by atoms with Gasteiger partial charge in [0, 0.05) is 6.54 Å². The highest BCUT2D eigenvalue weighted by Gasteiger charge is 2.51. The van der Waals surface area contributed by atoms with Gasteiger partial charge in [0.05, 0.1) is 18.4 Å². The summed E-state index contributed by atoms with van der Waals surface area (Å²) in [5.41, 5.74) is 0.924. The molecule has 0 spiro atoms. The van der Waals surface area contributed by atoms with Crippen molar-refractivity contribution in [1.82, 2.24) is 15.0 Å². The van der Waals surface area contributed by atoms with E-state index in [2.05, 4.69) is 0 Å². The molecule has 3 aliphatic rings. The Morgan fingerprint density at radius 1 is 1.00 bits per heavy atom. The Labute approximate surface area is 180 Å². The first-order chi connectivity index (χ1) is 15.0. The van der Waals surface area contributed by atoms with Crippen molar-refractivity contribution in [2.45, 2.75) is 51.7 Å². The van der Waals surface area contributed by atoms with Gasteiger partial charge >= 0.3 is 12.0 Å². The third-order valence-corrected chi connectivity index (χ3v) is 6.27. The van der Waals surface area contributed by atoms with Gasteiger partial charge in [-0.2, -0.15) is 0 Å². The maximum absolute atomic E-state index is 12.8. The number of carbonyl (C=O) groups excluding carboxylic acids is 4. The molecule has 1 aliphatic carbocycles. The van der Waals surface area contributed by atoms with E-state index in [-0.39, 0.29) is 26.1 Å². The largest absolute Gasteiger partial charge is 0.355 e. The number of fused-ring (bicyclic) bond motifs is 1. The number of hydrogen-bond donors (Lipinski definition) is 0. The highest BCUT2D eigenvalue weighted by Crippen LogP contribution is 2.38. The summed E-state index contributed by atoms with van der Waals surface area (Å²) in [5, 5.41) is 1.88. The number of hydrogen-bond acceptors (Lipinski definition) is 6. The van der Waals surface area contributed by atoms with Crippen molar-refractivity contribution in [2.75, 3.05) is 13.1 Å². The van der Waals surface area contributed by atoms with Gasteiger partial charge in [0.1, 0.15) is 12.6 Å². The SMILES string of the molecule is CCN1C(=O)N(OCc2ccccc2)CC[C@H]1C(=O)ON1C(=O)C2CCCCC2C1=O. The van der Waals surface area contributed by atoms with Crippen molar-refractivity contribution in [3.63, 3.8) is 0 Å². The molecule has 1 saturated carbocycles. The van der Waals surface area contributed by atoms with E-state index in [1.54, 1.807) is 6.92 Å². The molecule has 1 aromatic carbocycles. The molecule has 3 fully saturated rings. The fraction of sp³-hybridized carbons (Fsp3) is 0.545. The monoisotopic (exact) mass is 429 g/mol. The number of likely N-dealkylation sites (N-methyl/N-ethyl adjacent to an activating group) is 1. The minimum absolute atomic E-state index is 0.203. The molecule has 166 valence electrons. The highest BCUT2D eigenvalue weighted by atomic mass is 16.7. The van der Waals surface area contributed by atoms with Crippen LogP contribution >= 0.6 is 0 Å². The summed E-state index contributed by atoms with van der Waals surface area (Å²) in [4.78, 5) is 63.1. The van der Waals surface area contributed by atoms with Gasteiger partial charge < -0.3 is 9.74 Å². The van der Waals surface area contributed by atoms with Gasteiger partial charge in [0.25, 0.3) is 11.8 Å². The van der Waals surface area contributed by atoms with Gasteiger partial charge in [0.15, 0.2) is 0 Å². The van der Waals surface area contributed by atoms with Crippen molar-refractivity contribution < 1.29 is 28.9 Å². The van der Waals surface area contributed by atoms with Crippen LogP contribution in [0.3, 0.4) is 0 Å². The number of rotatable bonds is 6. The predicted molar refractivity (Wildman–Crippen MR) is 108 cm³/mol. The van der Waals surface area contributed by atoms with E-state index >= 15 is 0 Å². The van der Waals surface area contributed by atoms with Gasteiger partial charge in [-0.1, -0.05) is 43.2 Å². The molecule has 0 radical (unpaired) electrons. The van der Waals surface area contributed by atoms with Crippen molar-refractivity contribution in [3.05, 3.63) is 35.9 Å². The lowest BCUT2D eigenvalue weighted by Crippen LogP contribution is -2.57. The number of carbonyl (C=O) groups is 4. The molecule has 2 aliphatic heterocycles. The molecular weight excluding hydrogens is 402 g/mol. The molecule has 0 N–H and O–H groups in total. The van der Waals surface area contributed by atoms with Crippen LogP contribution in [0.4, 0.5) is 4.79 Å². The predicted octanol–water partition coefficient (Wildman–Crippen LogP) is 2.27. The molecule has 0 bridgehead atoms. The van der Waals surface area contributed by atoms with Crippen LogP contribution in [-0.4, -0.2) is 58.0 Å². The van der Waals surface area contributed by atoms with Gasteiger partial charge in [-0.25, -0.2) is 14.7 Å². The molecule has 9 heteroatoms. The van der Waals surface area contributed by atoms with E-state index in [0.29, 0.717) is 17.9 Å². The second-order valence-electron chi connectivity index (χ2n) is 8.11. The van der Waals surface area contributed by atoms with Gasteiger partial charge in [-0.15, -0.1) is 5.06 Å². The zero-order valence-electron chi connectivity index (χ0n) is 17.6. The Morgan fingerprint density at radius 3 is 2.26 bits per heavy atom. The second-order valence-corrected chi connectivity index (χ2v) is 8.11. The maximum atomic E-state index is 12.8. The van der Waals surface area contributed by atoms with Crippen LogP contribution < -0.4 is 0 Å². The van der Waals surface area contributed by atoms with E-state index in [1.807, 2.05) is 30.3 Å². The Kier molecular flexibility index (Phi) is 6.22. The molecule has 9 nitrogen and oxygen atoms in total. The number of imide groups is 1. The summed E-state index contributed by atoms with van der Waals surface area (Å²) < 4.78 is 0. The maximum Gasteiger partial charge on any atom is 0.355 e.